The number of ether oxygens (including phenoxy) is 1. The van der Waals surface area contributed by atoms with Crippen molar-refractivity contribution in [1.29, 1.82) is 0 Å². The van der Waals surface area contributed by atoms with Gasteiger partial charge in [-0.05, 0) is 18.2 Å². The lowest BCUT2D eigenvalue weighted by Crippen LogP contribution is -1.93. The minimum Gasteiger partial charge on any atom is -0.439 e. The zero-order valence-electron chi connectivity index (χ0n) is 8.85. The van der Waals surface area contributed by atoms with Gasteiger partial charge in [-0.15, -0.1) is 0 Å². The lowest BCUT2D eigenvalue weighted by atomic mass is 10.2. The zero-order chi connectivity index (χ0) is 12.3. The first-order chi connectivity index (χ1) is 8.24. The number of H-pyrrole nitrogens is 1. The molecule has 0 aliphatic carbocycles. The van der Waals surface area contributed by atoms with Gasteiger partial charge in [0.25, 0.3) is 0 Å². The number of nitrogens with zero attached hydrogens (tertiary/aromatic N) is 1. The third kappa shape index (κ3) is 2.58. The highest BCUT2D eigenvalue weighted by Crippen LogP contribution is 2.27. The summed E-state index contributed by atoms with van der Waals surface area (Å²) in [7, 11) is 0. The van der Waals surface area contributed by atoms with E-state index in [-0.39, 0.29) is 13.2 Å². The van der Waals surface area contributed by atoms with Crippen molar-refractivity contribution >= 4 is 11.6 Å². The van der Waals surface area contributed by atoms with Crippen LogP contribution in [0.25, 0.3) is 0 Å². The van der Waals surface area contributed by atoms with E-state index in [0.717, 1.165) is 0 Å². The van der Waals surface area contributed by atoms with Gasteiger partial charge in [0.2, 0.25) is 5.88 Å². The largest absolute Gasteiger partial charge is 0.439 e. The van der Waals surface area contributed by atoms with Crippen molar-refractivity contribution in [1.82, 2.24) is 10.2 Å². The van der Waals surface area contributed by atoms with Gasteiger partial charge in [-0.2, -0.15) is 5.10 Å². The number of benzene rings is 1. The molecule has 0 fully saturated rings. The van der Waals surface area contributed by atoms with Crippen LogP contribution >= 0.6 is 11.6 Å². The van der Waals surface area contributed by atoms with Crippen molar-refractivity contribution in [2.24, 2.45) is 0 Å². The molecule has 3 N–H and O–H groups in total. The van der Waals surface area contributed by atoms with Gasteiger partial charge in [0.05, 0.1) is 24.5 Å². The summed E-state index contributed by atoms with van der Waals surface area (Å²) in [6.07, 6.45) is 0. The SMILES string of the molecule is OCc1n[nH]c(Oc2cccc(Cl)c2)c1CO. The van der Waals surface area contributed by atoms with Gasteiger partial charge in [0.15, 0.2) is 0 Å². The van der Waals surface area contributed by atoms with Crippen LogP contribution in [0.4, 0.5) is 0 Å². The van der Waals surface area contributed by atoms with Crippen molar-refractivity contribution in [2.75, 3.05) is 0 Å². The number of nitrogens with one attached hydrogen (secondary N) is 1. The molecule has 0 bridgehead atoms. The molecular formula is C11H11ClN2O3. The van der Waals surface area contributed by atoms with Gasteiger partial charge in [0.1, 0.15) is 5.75 Å². The van der Waals surface area contributed by atoms with Gasteiger partial charge in [-0.3, -0.25) is 0 Å². The summed E-state index contributed by atoms with van der Waals surface area (Å²) in [4.78, 5) is 0. The Balaban J connectivity index is 2.27. The Kier molecular flexibility index (Phi) is 3.63. The van der Waals surface area contributed by atoms with E-state index in [2.05, 4.69) is 10.2 Å². The second-order valence-electron chi connectivity index (χ2n) is 3.35. The smallest absolute Gasteiger partial charge is 0.221 e. The predicted molar refractivity (Wildman–Crippen MR) is 62.0 cm³/mol. The normalized spacial score (nSPS) is 10.5. The molecule has 2 rings (SSSR count). The molecule has 1 aromatic carbocycles. The van der Waals surface area contributed by atoms with E-state index in [0.29, 0.717) is 27.9 Å². The van der Waals surface area contributed by atoms with Crippen LogP contribution in [0.1, 0.15) is 11.3 Å². The van der Waals surface area contributed by atoms with Crippen molar-refractivity contribution in [3.05, 3.63) is 40.5 Å². The summed E-state index contributed by atoms with van der Waals surface area (Å²) >= 11 is 5.82. The molecular weight excluding hydrogens is 244 g/mol. The van der Waals surface area contributed by atoms with E-state index in [9.17, 15) is 5.11 Å². The second-order valence-corrected chi connectivity index (χ2v) is 3.79. The molecule has 0 saturated carbocycles. The molecule has 5 nitrogen and oxygen atoms in total. The van der Waals surface area contributed by atoms with Crippen LogP contribution < -0.4 is 4.74 Å². The van der Waals surface area contributed by atoms with Crippen molar-refractivity contribution in [3.8, 4) is 11.6 Å². The fourth-order valence-corrected chi connectivity index (χ4v) is 1.59. The third-order valence-electron chi connectivity index (χ3n) is 2.24. The first kappa shape index (κ1) is 11.9. The first-order valence-electron chi connectivity index (χ1n) is 4.96. The van der Waals surface area contributed by atoms with Gasteiger partial charge in [-0.1, -0.05) is 17.7 Å². The van der Waals surface area contributed by atoms with Gasteiger partial charge < -0.3 is 14.9 Å². The maximum Gasteiger partial charge on any atom is 0.221 e. The first-order valence-corrected chi connectivity index (χ1v) is 5.33. The van der Waals surface area contributed by atoms with E-state index in [4.69, 9.17) is 21.4 Å². The molecule has 0 aliphatic heterocycles. The van der Waals surface area contributed by atoms with Crippen LogP contribution in [0.2, 0.25) is 5.02 Å². The Labute approximate surface area is 103 Å². The van der Waals surface area contributed by atoms with Crippen molar-refractivity contribution < 1.29 is 14.9 Å². The Morgan fingerprint density at radius 3 is 2.76 bits per heavy atom. The predicted octanol–water partition coefficient (Wildman–Crippen LogP) is 1.84. The highest BCUT2D eigenvalue weighted by Gasteiger charge is 2.13. The quantitative estimate of drug-likeness (QED) is 0.778. The Hall–Kier alpha value is -1.56. The third-order valence-corrected chi connectivity index (χ3v) is 2.47. The molecule has 6 heteroatoms. The maximum absolute atomic E-state index is 9.17. The number of aliphatic hydroxyl groups is 2. The van der Waals surface area contributed by atoms with Crippen LogP contribution in [-0.4, -0.2) is 20.4 Å². The highest BCUT2D eigenvalue weighted by atomic mass is 35.5. The van der Waals surface area contributed by atoms with Crippen LogP contribution in [0.3, 0.4) is 0 Å². The summed E-state index contributed by atoms with van der Waals surface area (Å²) in [5, 5.41) is 25.2. The maximum atomic E-state index is 9.17. The highest BCUT2D eigenvalue weighted by molar-refractivity contribution is 6.30. The molecule has 0 radical (unpaired) electrons. The fourth-order valence-electron chi connectivity index (χ4n) is 1.41. The average Bonchev–Trinajstić information content (AvgIpc) is 2.71. The number of rotatable bonds is 4. The number of hydrogen-bond donors (Lipinski definition) is 3. The summed E-state index contributed by atoms with van der Waals surface area (Å²) in [6, 6.07) is 6.85. The summed E-state index contributed by atoms with van der Waals surface area (Å²) in [5.74, 6) is 0.833. The van der Waals surface area contributed by atoms with Crippen LogP contribution in [0.15, 0.2) is 24.3 Å². The molecule has 1 aromatic heterocycles. The molecule has 0 aliphatic rings. The standard InChI is InChI=1S/C11H11ClN2O3/c12-7-2-1-3-8(4-7)17-11-9(5-15)10(6-16)13-14-11/h1-4,15-16H,5-6H2,(H,13,14). The molecule has 0 spiro atoms. The fraction of sp³-hybridized carbons (Fsp3) is 0.182. The van der Waals surface area contributed by atoms with E-state index >= 15 is 0 Å². The molecule has 0 atom stereocenters. The lowest BCUT2D eigenvalue weighted by molar-refractivity contribution is 0.255. The minimum atomic E-state index is -0.262. The Morgan fingerprint density at radius 2 is 2.12 bits per heavy atom. The monoisotopic (exact) mass is 254 g/mol. The second kappa shape index (κ2) is 5.18. The molecule has 17 heavy (non-hydrogen) atoms. The number of aliphatic hydroxyl groups excluding tert-OH is 2. The molecule has 0 amide bonds. The van der Waals surface area contributed by atoms with Gasteiger partial charge in [-0.25, -0.2) is 5.10 Å². The average molecular weight is 255 g/mol. The minimum absolute atomic E-state index is 0.259. The summed E-state index contributed by atoms with van der Waals surface area (Å²) < 4.78 is 5.49. The summed E-state index contributed by atoms with van der Waals surface area (Å²) in [5.41, 5.74) is 0.803. The van der Waals surface area contributed by atoms with Crippen LogP contribution in [-0.2, 0) is 13.2 Å². The van der Waals surface area contributed by atoms with E-state index in [1.54, 1.807) is 24.3 Å². The van der Waals surface area contributed by atoms with Gasteiger partial charge in [0, 0.05) is 5.02 Å². The van der Waals surface area contributed by atoms with Crippen molar-refractivity contribution in [2.45, 2.75) is 13.2 Å². The Bertz CT molecular complexity index is 513. The molecule has 90 valence electrons. The van der Waals surface area contributed by atoms with Crippen LogP contribution in [0.5, 0.6) is 11.6 Å². The molecule has 2 aromatic rings. The number of hydrogen-bond acceptors (Lipinski definition) is 4. The number of aromatic amines is 1. The molecule has 0 unspecified atom stereocenters. The van der Waals surface area contributed by atoms with Crippen LogP contribution in [0, 0.1) is 0 Å². The molecule has 1 heterocycles. The van der Waals surface area contributed by atoms with E-state index in [1.807, 2.05) is 0 Å². The van der Waals surface area contributed by atoms with Gasteiger partial charge >= 0.3 is 0 Å². The number of aromatic nitrogens is 2. The topological polar surface area (TPSA) is 78.4 Å². The summed E-state index contributed by atoms with van der Waals surface area (Å²) in [6.45, 7) is -0.520. The van der Waals surface area contributed by atoms with E-state index in [1.165, 1.54) is 0 Å². The Morgan fingerprint density at radius 1 is 1.29 bits per heavy atom. The van der Waals surface area contributed by atoms with E-state index < -0.39 is 0 Å². The number of halogens is 1. The zero-order valence-corrected chi connectivity index (χ0v) is 9.61. The van der Waals surface area contributed by atoms with Crippen molar-refractivity contribution in [3.63, 3.8) is 0 Å². The lowest BCUT2D eigenvalue weighted by Gasteiger charge is -2.05. The molecule has 0 saturated heterocycles.